The number of pyridine rings is 1. The fourth-order valence-electron chi connectivity index (χ4n) is 2.85. The number of aromatic nitrogens is 1. The molecule has 5 nitrogen and oxygen atoms in total. The van der Waals surface area contributed by atoms with Crippen LogP contribution in [0.2, 0.25) is 0 Å². The summed E-state index contributed by atoms with van der Waals surface area (Å²) in [7, 11) is 1.37. The van der Waals surface area contributed by atoms with E-state index in [1.54, 1.807) is 12.3 Å². The number of carbonyl (C=O) groups excluding carboxylic acids is 1. The van der Waals surface area contributed by atoms with Gasteiger partial charge in [0.15, 0.2) is 0 Å². The molecule has 2 aromatic rings. The van der Waals surface area contributed by atoms with Gasteiger partial charge in [-0.25, -0.2) is 4.79 Å². The third-order valence-corrected chi connectivity index (χ3v) is 4.22. The van der Waals surface area contributed by atoms with Crippen LogP contribution < -0.4 is 0 Å². The van der Waals surface area contributed by atoms with Crippen molar-refractivity contribution in [2.45, 2.75) is 6.04 Å². The van der Waals surface area contributed by atoms with Gasteiger partial charge in [-0.3, -0.25) is 9.88 Å². The van der Waals surface area contributed by atoms with Crippen molar-refractivity contribution in [3.8, 4) is 0 Å². The van der Waals surface area contributed by atoms with Gasteiger partial charge in [0.1, 0.15) is 0 Å². The first-order chi connectivity index (χ1) is 12.3. The molecule has 2 heterocycles. The maximum Gasteiger partial charge on any atom is 0.339 e. The zero-order valence-electron chi connectivity index (χ0n) is 14.3. The van der Waals surface area contributed by atoms with Gasteiger partial charge in [-0.15, -0.1) is 0 Å². The van der Waals surface area contributed by atoms with E-state index in [-0.39, 0.29) is 12.0 Å². The number of nitrogens with zero attached hydrogens (tertiary/aromatic N) is 2. The second-order valence-electron chi connectivity index (χ2n) is 5.83. The third-order valence-electron chi connectivity index (χ3n) is 4.22. The van der Waals surface area contributed by atoms with E-state index >= 15 is 0 Å². The third kappa shape index (κ3) is 4.53. The monoisotopic (exact) mass is 338 g/mol. The summed E-state index contributed by atoms with van der Waals surface area (Å²) in [6.45, 7) is 3.14. The van der Waals surface area contributed by atoms with Crippen LogP contribution in [0.4, 0.5) is 0 Å². The molecule has 1 saturated heterocycles. The summed E-state index contributed by atoms with van der Waals surface area (Å²) in [5, 5.41) is 0. The SMILES string of the molecule is COC(=O)c1ccc(C(/C=C/c2ccccc2)N2CCOCC2)nc1. The molecule has 1 aromatic heterocycles. The zero-order chi connectivity index (χ0) is 17.5. The summed E-state index contributed by atoms with van der Waals surface area (Å²) >= 11 is 0. The smallest absolute Gasteiger partial charge is 0.339 e. The molecular formula is C20H22N2O3. The molecule has 1 unspecified atom stereocenters. The molecule has 0 spiro atoms. The Morgan fingerprint density at radius 3 is 2.60 bits per heavy atom. The van der Waals surface area contributed by atoms with Crippen molar-refractivity contribution < 1.29 is 14.3 Å². The highest BCUT2D eigenvalue weighted by molar-refractivity contribution is 5.88. The minimum Gasteiger partial charge on any atom is -0.465 e. The van der Waals surface area contributed by atoms with E-state index in [0.717, 1.165) is 37.6 Å². The molecule has 1 fully saturated rings. The van der Waals surface area contributed by atoms with Gasteiger partial charge in [0.05, 0.1) is 37.6 Å². The first-order valence-electron chi connectivity index (χ1n) is 8.37. The van der Waals surface area contributed by atoms with E-state index in [0.29, 0.717) is 5.56 Å². The van der Waals surface area contributed by atoms with Gasteiger partial charge in [-0.2, -0.15) is 0 Å². The molecular weight excluding hydrogens is 316 g/mol. The molecule has 0 bridgehead atoms. The molecule has 1 aromatic carbocycles. The Hall–Kier alpha value is -2.50. The summed E-state index contributed by atoms with van der Waals surface area (Å²) in [6.07, 6.45) is 5.84. The second-order valence-corrected chi connectivity index (χ2v) is 5.83. The number of rotatable bonds is 5. The number of ether oxygens (including phenoxy) is 2. The Labute approximate surface area is 147 Å². The minimum atomic E-state index is -0.373. The molecule has 0 amide bonds. The van der Waals surface area contributed by atoms with Crippen LogP contribution in [-0.4, -0.2) is 49.3 Å². The van der Waals surface area contributed by atoms with E-state index in [9.17, 15) is 4.79 Å². The molecule has 1 aliphatic heterocycles. The molecule has 1 aliphatic rings. The molecule has 25 heavy (non-hydrogen) atoms. The number of hydrogen-bond donors (Lipinski definition) is 0. The number of benzene rings is 1. The second kappa shape index (κ2) is 8.55. The number of methoxy groups -OCH3 is 1. The summed E-state index contributed by atoms with van der Waals surface area (Å²) in [6, 6.07) is 13.9. The Morgan fingerprint density at radius 1 is 1.20 bits per heavy atom. The highest BCUT2D eigenvalue weighted by atomic mass is 16.5. The normalized spacial score (nSPS) is 16.7. The van der Waals surface area contributed by atoms with Gasteiger partial charge < -0.3 is 9.47 Å². The van der Waals surface area contributed by atoms with Crippen molar-refractivity contribution >= 4 is 12.0 Å². The number of morpholine rings is 1. The first-order valence-corrected chi connectivity index (χ1v) is 8.37. The van der Waals surface area contributed by atoms with Crippen LogP contribution in [0.5, 0.6) is 0 Å². The number of hydrogen-bond acceptors (Lipinski definition) is 5. The lowest BCUT2D eigenvalue weighted by Gasteiger charge is -2.32. The van der Waals surface area contributed by atoms with Crippen LogP contribution in [0, 0.1) is 0 Å². The van der Waals surface area contributed by atoms with Crippen LogP contribution in [0.1, 0.15) is 27.7 Å². The molecule has 0 saturated carbocycles. The fourth-order valence-corrected chi connectivity index (χ4v) is 2.85. The van der Waals surface area contributed by atoms with E-state index in [4.69, 9.17) is 9.47 Å². The molecule has 0 aliphatic carbocycles. The van der Waals surface area contributed by atoms with Crippen LogP contribution in [-0.2, 0) is 9.47 Å². The highest BCUT2D eigenvalue weighted by Crippen LogP contribution is 2.23. The van der Waals surface area contributed by atoms with Gasteiger partial charge in [0, 0.05) is 19.3 Å². The lowest BCUT2D eigenvalue weighted by Crippen LogP contribution is -2.38. The van der Waals surface area contributed by atoms with Crippen molar-refractivity contribution in [1.29, 1.82) is 0 Å². The van der Waals surface area contributed by atoms with Crippen LogP contribution in [0.3, 0.4) is 0 Å². The standard InChI is InChI=1S/C20H22N2O3/c1-24-20(23)17-8-9-18(21-15-17)19(22-11-13-25-14-12-22)10-7-16-5-3-2-4-6-16/h2-10,15,19H,11-14H2,1H3/b10-7+. The highest BCUT2D eigenvalue weighted by Gasteiger charge is 2.21. The summed E-state index contributed by atoms with van der Waals surface area (Å²) < 4.78 is 10.2. The average molecular weight is 338 g/mol. The van der Waals surface area contributed by atoms with E-state index in [1.807, 2.05) is 24.3 Å². The Bertz CT molecular complexity index is 707. The lowest BCUT2D eigenvalue weighted by atomic mass is 10.1. The van der Waals surface area contributed by atoms with Crippen LogP contribution >= 0.6 is 0 Å². The molecule has 1 atom stereocenters. The molecule has 130 valence electrons. The van der Waals surface area contributed by atoms with E-state index < -0.39 is 0 Å². The molecule has 0 N–H and O–H groups in total. The van der Waals surface area contributed by atoms with Gasteiger partial charge in [0.25, 0.3) is 0 Å². The van der Waals surface area contributed by atoms with Crippen LogP contribution in [0.15, 0.2) is 54.7 Å². The fraction of sp³-hybridized carbons (Fsp3) is 0.300. The van der Waals surface area contributed by atoms with Crippen molar-refractivity contribution in [3.05, 3.63) is 71.6 Å². The maximum absolute atomic E-state index is 11.6. The Balaban J connectivity index is 1.85. The van der Waals surface area contributed by atoms with Crippen molar-refractivity contribution in [3.63, 3.8) is 0 Å². The van der Waals surface area contributed by atoms with E-state index in [2.05, 4.69) is 34.2 Å². The topological polar surface area (TPSA) is 51.7 Å². The predicted molar refractivity (Wildman–Crippen MR) is 96.2 cm³/mol. The molecule has 3 rings (SSSR count). The van der Waals surface area contributed by atoms with E-state index in [1.165, 1.54) is 7.11 Å². The summed E-state index contributed by atoms with van der Waals surface area (Å²) in [5.41, 5.74) is 2.51. The minimum absolute atomic E-state index is 0.0378. The largest absolute Gasteiger partial charge is 0.465 e. The van der Waals surface area contributed by atoms with Crippen LogP contribution in [0.25, 0.3) is 6.08 Å². The quantitative estimate of drug-likeness (QED) is 0.785. The molecule has 5 heteroatoms. The number of esters is 1. The van der Waals surface area contributed by atoms with Gasteiger partial charge in [-0.1, -0.05) is 42.5 Å². The average Bonchev–Trinajstić information content (AvgIpc) is 2.69. The Kier molecular flexibility index (Phi) is 5.93. The number of carbonyl (C=O) groups is 1. The molecule has 0 radical (unpaired) electrons. The first kappa shape index (κ1) is 17.3. The maximum atomic E-state index is 11.6. The van der Waals surface area contributed by atoms with Crippen molar-refractivity contribution in [2.75, 3.05) is 33.4 Å². The predicted octanol–water partition coefficient (Wildman–Crippen LogP) is 2.95. The van der Waals surface area contributed by atoms with Gasteiger partial charge >= 0.3 is 5.97 Å². The summed E-state index contributed by atoms with van der Waals surface area (Å²) in [5.74, 6) is -0.373. The summed E-state index contributed by atoms with van der Waals surface area (Å²) in [4.78, 5) is 18.4. The van der Waals surface area contributed by atoms with Gasteiger partial charge in [-0.05, 0) is 17.7 Å². The van der Waals surface area contributed by atoms with Crippen molar-refractivity contribution in [2.24, 2.45) is 0 Å². The van der Waals surface area contributed by atoms with Crippen molar-refractivity contribution in [1.82, 2.24) is 9.88 Å². The zero-order valence-corrected chi connectivity index (χ0v) is 14.3. The Morgan fingerprint density at radius 2 is 1.96 bits per heavy atom. The van der Waals surface area contributed by atoms with Gasteiger partial charge in [0.2, 0.25) is 0 Å². The lowest BCUT2D eigenvalue weighted by molar-refractivity contribution is 0.0247.